The highest BCUT2D eigenvalue weighted by atomic mass is 16.5. The number of nitrogens with one attached hydrogen (secondary N) is 1. The maximum atomic E-state index is 11.5. The second kappa shape index (κ2) is 5.03. The summed E-state index contributed by atoms with van der Waals surface area (Å²) in [4.78, 5) is 22.1. The minimum atomic E-state index is -0.132. The zero-order chi connectivity index (χ0) is 13.2. The van der Waals surface area contributed by atoms with E-state index in [1.165, 1.54) is 20.0 Å². The largest absolute Gasteiger partial charge is 0.469 e. The zero-order valence-corrected chi connectivity index (χ0v) is 11.0. The molecule has 6 nitrogen and oxygen atoms in total. The third kappa shape index (κ3) is 2.77. The van der Waals surface area contributed by atoms with Crippen LogP contribution in [0.4, 0.5) is 11.6 Å². The minimum Gasteiger partial charge on any atom is -0.469 e. The Hall–Kier alpha value is -1.85. The summed E-state index contributed by atoms with van der Waals surface area (Å²) < 4.78 is 4.79. The summed E-state index contributed by atoms with van der Waals surface area (Å²) in [7, 11) is 1.44. The van der Waals surface area contributed by atoms with Gasteiger partial charge in [-0.1, -0.05) is 0 Å². The molecule has 0 amide bonds. The summed E-state index contributed by atoms with van der Waals surface area (Å²) in [6.45, 7) is 1.51. The van der Waals surface area contributed by atoms with Gasteiger partial charge in [0.15, 0.2) is 0 Å². The number of nitrogens with zero attached hydrogens (tertiary/aromatic N) is 3. The van der Waals surface area contributed by atoms with Crippen LogP contribution in [-0.2, 0) is 9.53 Å². The van der Waals surface area contributed by atoms with Crippen molar-refractivity contribution in [3.05, 3.63) is 12.4 Å². The second-order valence-corrected chi connectivity index (χ2v) is 5.13. The fourth-order valence-corrected chi connectivity index (χ4v) is 2.36. The highest BCUT2D eigenvalue weighted by Crippen LogP contribution is 2.27. The molecule has 1 aliphatic carbocycles. The van der Waals surface area contributed by atoms with Crippen LogP contribution in [0.5, 0.6) is 0 Å². The molecule has 1 N–H and O–H groups in total. The first-order valence-corrected chi connectivity index (χ1v) is 6.67. The van der Waals surface area contributed by atoms with Crippen molar-refractivity contribution < 1.29 is 9.53 Å². The molecule has 1 saturated heterocycles. The Morgan fingerprint density at radius 2 is 2.26 bits per heavy atom. The number of hydrogen-bond acceptors (Lipinski definition) is 6. The van der Waals surface area contributed by atoms with Crippen LogP contribution < -0.4 is 10.2 Å². The Morgan fingerprint density at radius 1 is 1.42 bits per heavy atom. The number of rotatable bonds is 4. The summed E-state index contributed by atoms with van der Waals surface area (Å²) in [5.74, 6) is 1.58. The first-order valence-electron chi connectivity index (χ1n) is 6.67. The molecule has 0 aromatic carbocycles. The maximum absolute atomic E-state index is 11.5. The van der Waals surface area contributed by atoms with Crippen molar-refractivity contribution >= 4 is 17.6 Å². The van der Waals surface area contributed by atoms with Crippen LogP contribution in [0.15, 0.2) is 12.4 Å². The Kier molecular flexibility index (Phi) is 3.23. The topological polar surface area (TPSA) is 67.3 Å². The Labute approximate surface area is 112 Å². The number of aromatic nitrogens is 2. The SMILES string of the molecule is COC(=O)C1CCN(c2cc(NC3CC3)ncn2)C1. The highest BCUT2D eigenvalue weighted by molar-refractivity contribution is 5.74. The minimum absolute atomic E-state index is 0.0418. The molecule has 2 aliphatic rings. The molecule has 6 heteroatoms. The smallest absolute Gasteiger partial charge is 0.310 e. The molecule has 0 spiro atoms. The van der Waals surface area contributed by atoms with E-state index in [-0.39, 0.29) is 11.9 Å². The van der Waals surface area contributed by atoms with Crippen LogP contribution in [0.25, 0.3) is 0 Å². The predicted molar refractivity (Wildman–Crippen MR) is 71.0 cm³/mol. The third-order valence-electron chi connectivity index (χ3n) is 3.63. The molecule has 1 atom stereocenters. The summed E-state index contributed by atoms with van der Waals surface area (Å²) in [5, 5.41) is 3.36. The summed E-state index contributed by atoms with van der Waals surface area (Å²) in [5.41, 5.74) is 0. The van der Waals surface area contributed by atoms with Gasteiger partial charge < -0.3 is 15.0 Å². The number of ether oxygens (including phenoxy) is 1. The van der Waals surface area contributed by atoms with Gasteiger partial charge in [0.05, 0.1) is 13.0 Å². The van der Waals surface area contributed by atoms with Crippen LogP contribution in [0.2, 0.25) is 0 Å². The van der Waals surface area contributed by atoms with E-state index in [9.17, 15) is 4.79 Å². The van der Waals surface area contributed by atoms with Gasteiger partial charge in [-0.15, -0.1) is 0 Å². The lowest BCUT2D eigenvalue weighted by Crippen LogP contribution is -2.24. The zero-order valence-electron chi connectivity index (χ0n) is 11.0. The standard InChI is InChI=1S/C13H18N4O2/c1-19-13(18)9-4-5-17(7-9)12-6-11(14-8-15-12)16-10-2-3-10/h6,8-10H,2-5,7H2,1H3,(H,14,15,16). The van der Waals surface area contributed by atoms with E-state index in [2.05, 4.69) is 20.2 Å². The molecule has 1 saturated carbocycles. The molecule has 0 bridgehead atoms. The van der Waals surface area contributed by atoms with Crippen LogP contribution >= 0.6 is 0 Å². The van der Waals surface area contributed by atoms with Crippen LogP contribution in [-0.4, -0.2) is 42.2 Å². The molecule has 3 rings (SSSR count). The van der Waals surface area contributed by atoms with Gasteiger partial charge in [0.1, 0.15) is 18.0 Å². The summed E-state index contributed by atoms with van der Waals surface area (Å²) in [6.07, 6.45) is 4.83. The van der Waals surface area contributed by atoms with Gasteiger partial charge in [-0.3, -0.25) is 4.79 Å². The molecule has 1 aliphatic heterocycles. The number of methoxy groups -OCH3 is 1. The quantitative estimate of drug-likeness (QED) is 0.818. The van der Waals surface area contributed by atoms with Crippen molar-refractivity contribution in [3.8, 4) is 0 Å². The normalized spacial score (nSPS) is 22.4. The van der Waals surface area contributed by atoms with Crippen molar-refractivity contribution in [1.29, 1.82) is 0 Å². The van der Waals surface area contributed by atoms with Gasteiger partial charge in [-0.05, 0) is 19.3 Å². The molecule has 102 valence electrons. The van der Waals surface area contributed by atoms with Gasteiger partial charge in [0.25, 0.3) is 0 Å². The maximum Gasteiger partial charge on any atom is 0.310 e. The van der Waals surface area contributed by atoms with E-state index < -0.39 is 0 Å². The van der Waals surface area contributed by atoms with Gasteiger partial charge in [0, 0.05) is 25.2 Å². The van der Waals surface area contributed by atoms with E-state index in [0.717, 1.165) is 24.6 Å². The fraction of sp³-hybridized carbons (Fsp3) is 0.615. The van der Waals surface area contributed by atoms with Gasteiger partial charge in [-0.25, -0.2) is 9.97 Å². The molecular weight excluding hydrogens is 244 g/mol. The van der Waals surface area contributed by atoms with E-state index >= 15 is 0 Å². The predicted octanol–water partition coefficient (Wildman–Crippen LogP) is 1.05. The van der Waals surface area contributed by atoms with Crippen molar-refractivity contribution in [2.75, 3.05) is 30.4 Å². The molecule has 19 heavy (non-hydrogen) atoms. The molecule has 0 radical (unpaired) electrons. The van der Waals surface area contributed by atoms with Gasteiger partial charge >= 0.3 is 5.97 Å². The van der Waals surface area contributed by atoms with E-state index in [1.54, 1.807) is 6.33 Å². The number of esters is 1. The van der Waals surface area contributed by atoms with Crippen molar-refractivity contribution in [2.45, 2.75) is 25.3 Å². The van der Waals surface area contributed by atoms with E-state index in [0.29, 0.717) is 12.6 Å². The Morgan fingerprint density at radius 3 is 3.00 bits per heavy atom. The Balaban J connectivity index is 1.67. The third-order valence-corrected chi connectivity index (χ3v) is 3.63. The van der Waals surface area contributed by atoms with Crippen LogP contribution in [0.3, 0.4) is 0 Å². The first kappa shape index (κ1) is 12.2. The van der Waals surface area contributed by atoms with Crippen LogP contribution in [0.1, 0.15) is 19.3 Å². The molecule has 1 aromatic rings. The van der Waals surface area contributed by atoms with E-state index in [1.807, 2.05) is 6.07 Å². The number of carbonyl (C=O) groups is 1. The molecule has 1 aromatic heterocycles. The molecule has 1 unspecified atom stereocenters. The number of anilines is 2. The Bertz CT molecular complexity index is 475. The fourth-order valence-electron chi connectivity index (χ4n) is 2.36. The molecular formula is C13H18N4O2. The molecule has 2 heterocycles. The summed E-state index contributed by atoms with van der Waals surface area (Å²) in [6, 6.07) is 2.53. The van der Waals surface area contributed by atoms with Crippen molar-refractivity contribution in [1.82, 2.24) is 9.97 Å². The van der Waals surface area contributed by atoms with Crippen molar-refractivity contribution in [2.24, 2.45) is 5.92 Å². The monoisotopic (exact) mass is 262 g/mol. The number of carbonyl (C=O) groups excluding carboxylic acids is 1. The van der Waals surface area contributed by atoms with Crippen molar-refractivity contribution in [3.63, 3.8) is 0 Å². The number of hydrogen-bond donors (Lipinski definition) is 1. The van der Waals surface area contributed by atoms with Crippen LogP contribution in [0, 0.1) is 5.92 Å². The highest BCUT2D eigenvalue weighted by Gasteiger charge is 2.30. The summed E-state index contributed by atoms with van der Waals surface area (Å²) >= 11 is 0. The van der Waals surface area contributed by atoms with Gasteiger partial charge in [0.2, 0.25) is 0 Å². The van der Waals surface area contributed by atoms with E-state index in [4.69, 9.17) is 4.74 Å². The molecule has 2 fully saturated rings. The van der Waals surface area contributed by atoms with Gasteiger partial charge in [-0.2, -0.15) is 0 Å². The lowest BCUT2D eigenvalue weighted by Gasteiger charge is -2.17. The second-order valence-electron chi connectivity index (χ2n) is 5.13. The lowest BCUT2D eigenvalue weighted by molar-refractivity contribution is -0.144. The average molecular weight is 262 g/mol. The lowest BCUT2D eigenvalue weighted by atomic mass is 10.1. The first-order chi connectivity index (χ1) is 9.26. The average Bonchev–Trinajstić information content (AvgIpc) is 3.10.